The summed E-state index contributed by atoms with van der Waals surface area (Å²) in [5.41, 5.74) is 3.75. The molecule has 3 rings (SSSR count). The summed E-state index contributed by atoms with van der Waals surface area (Å²) < 4.78 is 1.97. The molecule has 1 N–H and O–H groups in total. The number of aliphatic carboxylic acids is 1. The molecule has 122 valence electrons. The number of carbonyl (C=O) groups is 1. The van der Waals surface area contributed by atoms with Crippen molar-refractivity contribution in [3.05, 3.63) is 47.3 Å². The predicted octanol–water partition coefficient (Wildman–Crippen LogP) is 2.79. The molecule has 1 aliphatic heterocycles. The lowest BCUT2D eigenvalue weighted by Crippen LogP contribution is -2.31. The van der Waals surface area contributed by atoms with E-state index in [0.29, 0.717) is 13.0 Å². The van der Waals surface area contributed by atoms with Crippen LogP contribution >= 0.6 is 0 Å². The topological polar surface area (TPSA) is 58.4 Å². The monoisotopic (exact) mass is 313 g/mol. The minimum absolute atomic E-state index is 0.595. The van der Waals surface area contributed by atoms with Gasteiger partial charge in [0.2, 0.25) is 0 Å². The third-order valence-electron chi connectivity index (χ3n) is 4.89. The molecule has 2 heterocycles. The second-order valence-corrected chi connectivity index (χ2v) is 6.72. The molecule has 0 saturated carbocycles. The molecule has 1 aromatic carbocycles. The Morgan fingerprint density at radius 3 is 2.61 bits per heavy atom. The first kappa shape index (κ1) is 15.7. The quantitative estimate of drug-likeness (QED) is 0.943. The van der Waals surface area contributed by atoms with E-state index in [9.17, 15) is 9.90 Å². The molecule has 0 bridgehead atoms. The summed E-state index contributed by atoms with van der Waals surface area (Å²) in [5.74, 6) is -0.701. The van der Waals surface area contributed by atoms with Gasteiger partial charge in [0.25, 0.3) is 0 Å². The van der Waals surface area contributed by atoms with Gasteiger partial charge < -0.3 is 5.11 Å². The summed E-state index contributed by atoms with van der Waals surface area (Å²) in [6.45, 7) is 8.11. The van der Waals surface area contributed by atoms with E-state index in [1.165, 1.54) is 5.56 Å². The zero-order valence-electron chi connectivity index (χ0n) is 13.9. The van der Waals surface area contributed by atoms with E-state index >= 15 is 0 Å². The van der Waals surface area contributed by atoms with Gasteiger partial charge in [-0.2, -0.15) is 5.10 Å². The molecule has 1 fully saturated rings. The molecule has 1 aliphatic rings. The zero-order valence-corrected chi connectivity index (χ0v) is 13.9. The van der Waals surface area contributed by atoms with Gasteiger partial charge in [0.1, 0.15) is 0 Å². The van der Waals surface area contributed by atoms with Gasteiger partial charge in [-0.1, -0.05) is 18.2 Å². The van der Waals surface area contributed by atoms with Gasteiger partial charge >= 0.3 is 5.97 Å². The van der Waals surface area contributed by atoms with Gasteiger partial charge in [-0.15, -0.1) is 0 Å². The van der Waals surface area contributed by atoms with Gasteiger partial charge in [-0.05, 0) is 45.9 Å². The van der Waals surface area contributed by atoms with E-state index in [2.05, 4.69) is 16.9 Å². The fraction of sp³-hybridized carbons (Fsp3) is 0.444. The van der Waals surface area contributed by atoms with Gasteiger partial charge in [0, 0.05) is 24.3 Å². The van der Waals surface area contributed by atoms with Crippen LogP contribution in [-0.4, -0.2) is 38.8 Å². The molecule has 0 radical (unpaired) electrons. The number of benzene rings is 1. The SMILES string of the molecule is Cc1nn(-c2ccccc2)c(C)c1CN1CCC(C)(C(=O)O)C1. The van der Waals surface area contributed by atoms with E-state index in [4.69, 9.17) is 0 Å². The fourth-order valence-corrected chi connectivity index (χ4v) is 3.31. The van der Waals surface area contributed by atoms with Crippen LogP contribution in [0, 0.1) is 19.3 Å². The molecule has 1 unspecified atom stereocenters. The van der Waals surface area contributed by atoms with Crippen molar-refractivity contribution >= 4 is 5.97 Å². The van der Waals surface area contributed by atoms with Crippen molar-refractivity contribution in [3.63, 3.8) is 0 Å². The molecule has 5 heteroatoms. The minimum atomic E-state index is -0.701. The lowest BCUT2D eigenvalue weighted by Gasteiger charge is -2.20. The van der Waals surface area contributed by atoms with Crippen LogP contribution in [0.15, 0.2) is 30.3 Å². The number of carboxylic acid groups (broad SMARTS) is 1. The lowest BCUT2D eigenvalue weighted by atomic mass is 9.90. The summed E-state index contributed by atoms with van der Waals surface area (Å²) in [4.78, 5) is 13.6. The Morgan fingerprint density at radius 2 is 2.00 bits per heavy atom. The molecule has 1 atom stereocenters. The van der Waals surface area contributed by atoms with Crippen LogP contribution in [0.5, 0.6) is 0 Å². The molecule has 1 aromatic heterocycles. The molecule has 2 aromatic rings. The number of para-hydroxylation sites is 1. The van der Waals surface area contributed by atoms with Crippen LogP contribution in [-0.2, 0) is 11.3 Å². The van der Waals surface area contributed by atoms with Crippen molar-refractivity contribution in [1.29, 1.82) is 0 Å². The van der Waals surface area contributed by atoms with E-state index in [1.807, 2.05) is 48.9 Å². The Kier molecular flexibility index (Phi) is 3.98. The molecular weight excluding hydrogens is 290 g/mol. The Labute approximate surface area is 136 Å². The predicted molar refractivity (Wildman–Crippen MR) is 88.7 cm³/mol. The number of hydrogen-bond acceptors (Lipinski definition) is 3. The molecule has 1 saturated heterocycles. The van der Waals surface area contributed by atoms with E-state index in [0.717, 1.165) is 30.2 Å². The smallest absolute Gasteiger partial charge is 0.310 e. The number of carboxylic acids is 1. The largest absolute Gasteiger partial charge is 0.481 e. The molecule has 5 nitrogen and oxygen atoms in total. The number of nitrogens with zero attached hydrogens (tertiary/aromatic N) is 3. The third-order valence-corrected chi connectivity index (χ3v) is 4.89. The van der Waals surface area contributed by atoms with Crippen LogP contribution in [0.25, 0.3) is 5.69 Å². The number of rotatable bonds is 4. The minimum Gasteiger partial charge on any atom is -0.481 e. The van der Waals surface area contributed by atoms with Crippen molar-refractivity contribution in [3.8, 4) is 5.69 Å². The van der Waals surface area contributed by atoms with Gasteiger partial charge in [-0.3, -0.25) is 9.69 Å². The first-order valence-corrected chi connectivity index (χ1v) is 7.97. The first-order valence-electron chi connectivity index (χ1n) is 7.97. The average Bonchev–Trinajstić information content (AvgIpc) is 3.04. The van der Waals surface area contributed by atoms with Crippen molar-refractivity contribution in [2.75, 3.05) is 13.1 Å². The van der Waals surface area contributed by atoms with Crippen LogP contribution in [0.3, 0.4) is 0 Å². The highest BCUT2D eigenvalue weighted by Gasteiger charge is 2.40. The fourth-order valence-electron chi connectivity index (χ4n) is 3.31. The first-order chi connectivity index (χ1) is 10.9. The Bertz CT molecular complexity index is 723. The second kappa shape index (κ2) is 5.81. The maximum Gasteiger partial charge on any atom is 0.310 e. The summed E-state index contributed by atoms with van der Waals surface area (Å²) in [5, 5.41) is 14.0. The highest BCUT2D eigenvalue weighted by Crippen LogP contribution is 2.32. The van der Waals surface area contributed by atoms with Crippen molar-refractivity contribution in [2.45, 2.75) is 33.7 Å². The number of hydrogen-bond donors (Lipinski definition) is 1. The summed E-state index contributed by atoms with van der Waals surface area (Å²) in [6, 6.07) is 10.1. The Hall–Kier alpha value is -2.14. The number of aromatic nitrogens is 2. The van der Waals surface area contributed by atoms with Crippen LogP contribution in [0.2, 0.25) is 0 Å². The molecule has 0 spiro atoms. The van der Waals surface area contributed by atoms with E-state index in [-0.39, 0.29) is 0 Å². The normalized spacial score (nSPS) is 21.7. The zero-order chi connectivity index (χ0) is 16.6. The maximum atomic E-state index is 11.4. The summed E-state index contributed by atoms with van der Waals surface area (Å²) >= 11 is 0. The van der Waals surface area contributed by atoms with Crippen LogP contribution in [0.4, 0.5) is 0 Å². The highest BCUT2D eigenvalue weighted by molar-refractivity contribution is 5.74. The molecule has 0 aliphatic carbocycles. The summed E-state index contributed by atoms with van der Waals surface area (Å²) in [6.07, 6.45) is 0.702. The Morgan fingerprint density at radius 1 is 1.30 bits per heavy atom. The van der Waals surface area contributed by atoms with Gasteiger partial charge in [0.05, 0.1) is 16.8 Å². The average molecular weight is 313 g/mol. The molecule has 0 amide bonds. The maximum absolute atomic E-state index is 11.4. The van der Waals surface area contributed by atoms with Crippen molar-refractivity contribution in [2.24, 2.45) is 5.41 Å². The second-order valence-electron chi connectivity index (χ2n) is 6.72. The van der Waals surface area contributed by atoms with Crippen LogP contribution in [0.1, 0.15) is 30.3 Å². The van der Waals surface area contributed by atoms with Crippen LogP contribution < -0.4 is 0 Å². The van der Waals surface area contributed by atoms with E-state index < -0.39 is 11.4 Å². The third kappa shape index (κ3) is 2.88. The highest BCUT2D eigenvalue weighted by atomic mass is 16.4. The number of aryl methyl sites for hydroxylation is 1. The Balaban J connectivity index is 1.83. The summed E-state index contributed by atoms with van der Waals surface area (Å²) in [7, 11) is 0. The number of likely N-dealkylation sites (tertiary alicyclic amines) is 1. The van der Waals surface area contributed by atoms with Gasteiger partial charge in [0.15, 0.2) is 0 Å². The van der Waals surface area contributed by atoms with Crippen molar-refractivity contribution < 1.29 is 9.90 Å². The lowest BCUT2D eigenvalue weighted by molar-refractivity contribution is -0.147. The molecular formula is C18H23N3O2. The van der Waals surface area contributed by atoms with Crippen molar-refractivity contribution in [1.82, 2.24) is 14.7 Å². The van der Waals surface area contributed by atoms with Gasteiger partial charge in [-0.25, -0.2) is 4.68 Å². The van der Waals surface area contributed by atoms with E-state index in [1.54, 1.807) is 0 Å². The standard InChI is InChI=1S/C18H23N3O2/c1-13-16(11-20-10-9-18(3,12-20)17(22)23)14(2)21(19-13)15-7-5-4-6-8-15/h4-8H,9-12H2,1-3H3,(H,22,23). The molecule has 23 heavy (non-hydrogen) atoms.